The first-order chi connectivity index (χ1) is 8.11. The van der Waals surface area contributed by atoms with E-state index in [4.69, 9.17) is 5.73 Å². The number of nitrogens with two attached hydrogens (primary N) is 1. The normalized spacial score (nSPS) is 11.1. The summed E-state index contributed by atoms with van der Waals surface area (Å²) < 4.78 is 5.00. The van der Waals surface area contributed by atoms with Crippen LogP contribution >= 0.6 is 15.9 Å². The van der Waals surface area contributed by atoms with Crippen LogP contribution in [0.5, 0.6) is 0 Å². The average Bonchev–Trinajstić information content (AvgIpc) is 2.81. The molecule has 0 atom stereocenters. The van der Waals surface area contributed by atoms with E-state index in [9.17, 15) is 0 Å². The first kappa shape index (κ1) is 12.3. The summed E-state index contributed by atoms with van der Waals surface area (Å²) in [6.07, 6.45) is 4.68. The van der Waals surface area contributed by atoms with E-state index in [1.54, 1.807) is 0 Å². The molecule has 2 aromatic heterocycles. The van der Waals surface area contributed by atoms with Crippen LogP contribution in [0, 0.1) is 6.92 Å². The number of imidazole rings is 1. The molecule has 0 radical (unpaired) electrons. The molecule has 0 saturated heterocycles. The Hall–Kier alpha value is -1.14. The lowest BCUT2D eigenvalue weighted by molar-refractivity contribution is 0.661. The van der Waals surface area contributed by atoms with Gasteiger partial charge in [0.05, 0.1) is 34.4 Å². The van der Waals surface area contributed by atoms with Crippen molar-refractivity contribution in [2.24, 2.45) is 12.8 Å². The van der Waals surface area contributed by atoms with Crippen molar-refractivity contribution < 1.29 is 0 Å². The third kappa shape index (κ3) is 2.58. The van der Waals surface area contributed by atoms with Gasteiger partial charge in [-0.3, -0.25) is 4.68 Å². The van der Waals surface area contributed by atoms with Crippen molar-refractivity contribution in [3.05, 3.63) is 34.1 Å². The summed E-state index contributed by atoms with van der Waals surface area (Å²) in [5, 5.41) is 4.37. The largest absolute Gasteiger partial charge is 0.331 e. The molecule has 0 aliphatic carbocycles. The first-order valence-electron chi connectivity index (χ1n) is 5.50. The Kier molecular flexibility index (Phi) is 3.63. The predicted molar refractivity (Wildman–Crippen MR) is 69.7 cm³/mol. The van der Waals surface area contributed by atoms with Crippen LogP contribution in [0.25, 0.3) is 0 Å². The second kappa shape index (κ2) is 5.01. The molecule has 0 unspecified atom stereocenters. The topological polar surface area (TPSA) is 61.7 Å². The number of hydrogen-bond donors (Lipinski definition) is 1. The summed E-state index contributed by atoms with van der Waals surface area (Å²) in [6, 6.07) is 0. The summed E-state index contributed by atoms with van der Waals surface area (Å²) in [7, 11) is 1.95. The quantitative estimate of drug-likeness (QED) is 0.923. The zero-order valence-electron chi connectivity index (χ0n) is 10.0. The molecule has 0 saturated carbocycles. The fourth-order valence-electron chi connectivity index (χ4n) is 1.79. The van der Waals surface area contributed by atoms with Gasteiger partial charge < -0.3 is 10.3 Å². The summed E-state index contributed by atoms with van der Waals surface area (Å²) in [4.78, 5) is 4.31. The molecule has 0 aromatic carbocycles. The molecule has 6 heteroatoms. The van der Waals surface area contributed by atoms with Crippen molar-refractivity contribution in [1.82, 2.24) is 19.3 Å². The summed E-state index contributed by atoms with van der Waals surface area (Å²) in [6.45, 7) is 3.38. The molecule has 2 N–H and O–H groups in total. The molecule has 0 aliphatic heterocycles. The van der Waals surface area contributed by atoms with E-state index >= 15 is 0 Å². The molecule has 5 nitrogen and oxygen atoms in total. The highest BCUT2D eigenvalue weighted by Crippen LogP contribution is 2.21. The van der Waals surface area contributed by atoms with Crippen LogP contribution in [-0.2, 0) is 20.0 Å². The van der Waals surface area contributed by atoms with Crippen LogP contribution in [-0.4, -0.2) is 25.9 Å². The zero-order chi connectivity index (χ0) is 12.4. The summed E-state index contributed by atoms with van der Waals surface area (Å²) in [5.41, 5.74) is 8.68. The lowest BCUT2D eigenvalue weighted by Gasteiger charge is -2.03. The molecule has 2 aromatic rings. The van der Waals surface area contributed by atoms with Gasteiger partial charge in [0.15, 0.2) is 0 Å². The van der Waals surface area contributed by atoms with Crippen molar-refractivity contribution in [2.45, 2.75) is 19.9 Å². The Bertz CT molecular complexity index is 514. The standard InChI is InChI=1S/C11H16BrN5/c1-8-11(12)10(16(2)15-8)6-17-5-9(3-4-13)14-7-17/h5,7H,3-4,6,13H2,1-2H3. The first-order valence-corrected chi connectivity index (χ1v) is 6.29. The predicted octanol–water partition coefficient (Wildman–Crippen LogP) is 1.24. The number of aromatic nitrogens is 4. The third-order valence-electron chi connectivity index (χ3n) is 2.68. The van der Waals surface area contributed by atoms with Crippen molar-refractivity contribution in [3.63, 3.8) is 0 Å². The Balaban J connectivity index is 2.19. The SMILES string of the molecule is Cc1nn(C)c(Cn2cnc(CCN)c2)c1Br. The fourth-order valence-corrected chi connectivity index (χ4v) is 2.26. The van der Waals surface area contributed by atoms with Gasteiger partial charge in [-0.1, -0.05) is 0 Å². The molecule has 92 valence electrons. The van der Waals surface area contributed by atoms with Gasteiger partial charge in [-0.2, -0.15) is 5.10 Å². The highest BCUT2D eigenvalue weighted by molar-refractivity contribution is 9.10. The van der Waals surface area contributed by atoms with E-state index in [-0.39, 0.29) is 0 Å². The average molecular weight is 298 g/mol. The monoisotopic (exact) mass is 297 g/mol. The Labute approximate surface area is 109 Å². The molecule has 0 spiro atoms. The molecule has 0 amide bonds. The highest BCUT2D eigenvalue weighted by Gasteiger charge is 2.11. The maximum atomic E-state index is 5.50. The van der Waals surface area contributed by atoms with Crippen LogP contribution in [0.1, 0.15) is 17.1 Å². The van der Waals surface area contributed by atoms with Gasteiger partial charge >= 0.3 is 0 Å². The number of halogens is 1. The van der Waals surface area contributed by atoms with Crippen molar-refractivity contribution in [1.29, 1.82) is 0 Å². The number of aryl methyl sites for hydroxylation is 2. The molecule has 0 aliphatic rings. The molecule has 17 heavy (non-hydrogen) atoms. The molecular formula is C11H16BrN5. The molecule has 2 rings (SSSR count). The molecule has 0 bridgehead atoms. The van der Waals surface area contributed by atoms with Gasteiger partial charge in [-0.25, -0.2) is 4.98 Å². The van der Waals surface area contributed by atoms with E-state index in [1.165, 1.54) is 0 Å². The maximum Gasteiger partial charge on any atom is 0.0953 e. The van der Waals surface area contributed by atoms with Gasteiger partial charge in [0.2, 0.25) is 0 Å². The van der Waals surface area contributed by atoms with Crippen LogP contribution in [0.3, 0.4) is 0 Å². The molecule has 2 heterocycles. The number of nitrogens with zero attached hydrogens (tertiary/aromatic N) is 4. The second-order valence-corrected chi connectivity index (χ2v) is 4.84. The van der Waals surface area contributed by atoms with Crippen LogP contribution in [0.4, 0.5) is 0 Å². The summed E-state index contributed by atoms with van der Waals surface area (Å²) in [5.74, 6) is 0. The van der Waals surface area contributed by atoms with Gasteiger partial charge in [0.25, 0.3) is 0 Å². The molecule has 0 fully saturated rings. The fraction of sp³-hybridized carbons (Fsp3) is 0.455. The number of rotatable bonds is 4. The van der Waals surface area contributed by atoms with Crippen molar-refractivity contribution >= 4 is 15.9 Å². The van der Waals surface area contributed by atoms with Gasteiger partial charge in [-0.15, -0.1) is 0 Å². The number of hydrogen-bond acceptors (Lipinski definition) is 3. The minimum absolute atomic E-state index is 0.630. The Morgan fingerprint density at radius 2 is 2.24 bits per heavy atom. The second-order valence-electron chi connectivity index (χ2n) is 4.05. The summed E-state index contributed by atoms with van der Waals surface area (Å²) >= 11 is 3.56. The minimum Gasteiger partial charge on any atom is -0.331 e. The van der Waals surface area contributed by atoms with Gasteiger partial charge in [0.1, 0.15) is 0 Å². The Morgan fingerprint density at radius 1 is 1.47 bits per heavy atom. The lowest BCUT2D eigenvalue weighted by atomic mass is 10.3. The minimum atomic E-state index is 0.630. The third-order valence-corrected chi connectivity index (χ3v) is 3.71. The van der Waals surface area contributed by atoms with E-state index in [0.717, 1.165) is 34.5 Å². The van der Waals surface area contributed by atoms with E-state index < -0.39 is 0 Å². The van der Waals surface area contributed by atoms with Crippen molar-refractivity contribution in [3.8, 4) is 0 Å². The zero-order valence-corrected chi connectivity index (χ0v) is 11.6. The van der Waals surface area contributed by atoms with Gasteiger partial charge in [-0.05, 0) is 29.4 Å². The smallest absolute Gasteiger partial charge is 0.0953 e. The van der Waals surface area contributed by atoms with Crippen LogP contribution in [0.2, 0.25) is 0 Å². The molecular weight excluding hydrogens is 282 g/mol. The van der Waals surface area contributed by atoms with E-state index in [0.29, 0.717) is 6.54 Å². The van der Waals surface area contributed by atoms with E-state index in [2.05, 4.69) is 26.0 Å². The van der Waals surface area contributed by atoms with Gasteiger partial charge in [0, 0.05) is 19.7 Å². The van der Waals surface area contributed by atoms with Crippen molar-refractivity contribution in [2.75, 3.05) is 6.54 Å². The highest BCUT2D eigenvalue weighted by atomic mass is 79.9. The van der Waals surface area contributed by atoms with E-state index in [1.807, 2.05) is 35.7 Å². The maximum absolute atomic E-state index is 5.50. The lowest BCUT2D eigenvalue weighted by Crippen LogP contribution is -2.05. The Morgan fingerprint density at radius 3 is 2.82 bits per heavy atom. The van der Waals surface area contributed by atoms with Crippen LogP contribution < -0.4 is 5.73 Å². The van der Waals surface area contributed by atoms with Crippen LogP contribution in [0.15, 0.2) is 17.0 Å².